The van der Waals surface area contributed by atoms with Crippen LogP contribution >= 0.6 is 0 Å². The van der Waals surface area contributed by atoms with Crippen LogP contribution in [0.5, 0.6) is 11.5 Å². The lowest BCUT2D eigenvalue weighted by Gasteiger charge is -2.45. The normalized spacial score (nSPS) is 20.6. The van der Waals surface area contributed by atoms with E-state index in [-0.39, 0.29) is 17.2 Å². The second-order valence-electron chi connectivity index (χ2n) is 9.34. The average molecular weight is 494 g/mol. The maximum Gasteiger partial charge on any atom is 0.191 e. The van der Waals surface area contributed by atoms with E-state index in [0.717, 1.165) is 24.1 Å². The summed E-state index contributed by atoms with van der Waals surface area (Å²) >= 11 is 0. The van der Waals surface area contributed by atoms with E-state index >= 15 is 0 Å². The largest absolute Gasteiger partial charge is 0.490 e. The molecule has 2 aliphatic rings. The van der Waals surface area contributed by atoms with Crippen LogP contribution in [0, 0.1) is 45.3 Å². The van der Waals surface area contributed by atoms with Crippen molar-refractivity contribution in [3.63, 3.8) is 0 Å². The van der Waals surface area contributed by atoms with Crippen molar-refractivity contribution in [2.45, 2.75) is 32.7 Å². The topological polar surface area (TPSA) is 119 Å². The fraction of sp³-hybridized carbons (Fsp3) is 0.367. The van der Waals surface area contributed by atoms with Gasteiger partial charge in [-0.2, -0.15) is 15.8 Å². The zero-order chi connectivity index (χ0) is 26.4. The third-order valence-corrected chi connectivity index (χ3v) is 7.08. The highest BCUT2D eigenvalue weighted by atomic mass is 16.5. The summed E-state index contributed by atoms with van der Waals surface area (Å²) in [5.41, 5.74) is 7.78. The molecular formula is C30H31N5O2. The Labute approximate surface area is 218 Å². The first kappa shape index (κ1) is 25.8. The maximum atomic E-state index is 10.4. The Morgan fingerprint density at radius 1 is 1.03 bits per heavy atom. The summed E-state index contributed by atoms with van der Waals surface area (Å²) in [6, 6.07) is 22.4. The van der Waals surface area contributed by atoms with Gasteiger partial charge in [-0.15, -0.1) is 0 Å². The number of allylic oxidation sites excluding steroid dienone is 2. The van der Waals surface area contributed by atoms with E-state index < -0.39 is 11.3 Å². The lowest BCUT2D eigenvalue weighted by atomic mass is 9.58. The molecule has 37 heavy (non-hydrogen) atoms. The SMILES string of the molecule is CCCOc1ccc([C@H]2[C@@H]3CN(Cc4ccccc4)CC=C3C(C#N)=C(N)C2(C#N)C#N)cc1OCC. The van der Waals surface area contributed by atoms with Crippen LogP contribution in [-0.2, 0) is 6.54 Å². The molecule has 0 aromatic heterocycles. The number of benzene rings is 2. The first-order chi connectivity index (χ1) is 18.0. The summed E-state index contributed by atoms with van der Waals surface area (Å²) < 4.78 is 11.8. The number of nitrogens with two attached hydrogens (primary N) is 1. The van der Waals surface area contributed by atoms with E-state index in [0.29, 0.717) is 37.8 Å². The summed E-state index contributed by atoms with van der Waals surface area (Å²) in [6.07, 6.45) is 2.88. The number of ether oxygens (including phenoxy) is 2. The minimum Gasteiger partial charge on any atom is -0.490 e. The molecule has 0 fully saturated rings. The second-order valence-corrected chi connectivity index (χ2v) is 9.34. The first-order valence-corrected chi connectivity index (χ1v) is 12.6. The summed E-state index contributed by atoms with van der Waals surface area (Å²) in [6.45, 7) is 6.86. The molecule has 0 saturated heterocycles. The van der Waals surface area contributed by atoms with Crippen LogP contribution in [0.15, 0.2) is 71.5 Å². The van der Waals surface area contributed by atoms with Crippen molar-refractivity contribution in [3.8, 4) is 29.7 Å². The molecule has 2 aromatic carbocycles. The van der Waals surface area contributed by atoms with Crippen molar-refractivity contribution in [2.75, 3.05) is 26.3 Å². The second kappa shape index (κ2) is 11.2. The van der Waals surface area contributed by atoms with Gasteiger partial charge >= 0.3 is 0 Å². The van der Waals surface area contributed by atoms with Gasteiger partial charge in [0.25, 0.3) is 0 Å². The minimum atomic E-state index is -1.70. The third-order valence-electron chi connectivity index (χ3n) is 7.08. The molecule has 188 valence electrons. The molecule has 0 spiro atoms. The van der Waals surface area contributed by atoms with Crippen molar-refractivity contribution < 1.29 is 9.47 Å². The van der Waals surface area contributed by atoms with E-state index in [9.17, 15) is 15.8 Å². The smallest absolute Gasteiger partial charge is 0.191 e. The van der Waals surface area contributed by atoms with Gasteiger partial charge in [-0.25, -0.2) is 0 Å². The molecule has 0 unspecified atom stereocenters. The molecule has 1 aliphatic carbocycles. The predicted octanol–water partition coefficient (Wildman–Crippen LogP) is 4.80. The van der Waals surface area contributed by atoms with Gasteiger partial charge in [0, 0.05) is 31.5 Å². The molecule has 0 radical (unpaired) electrons. The van der Waals surface area contributed by atoms with Crippen molar-refractivity contribution in [1.82, 2.24) is 4.90 Å². The fourth-order valence-electron chi connectivity index (χ4n) is 5.40. The van der Waals surface area contributed by atoms with Crippen molar-refractivity contribution >= 4 is 0 Å². The van der Waals surface area contributed by atoms with E-state index in [1.807, 2.05) is 56.3 Å². The van der Waals surface area contributed by atoms with Crippen LogP contribution in [-0.4, -0.2) is 31.2 Å². The molecular weight excluding hydrogens is 462 g/mol. The molecule has 2 atom stereocenters. The zero-order valence-electron chi connectivity index (χ0n) is 21.3. The van der Waals surface area contributed by atoms with Crippen LogP contribution in [0.1, 0.15) is 37.3 Å². The molecule has 4 rings (SSSR count). The monoisotopic (exact) mass is 493 g/mol. The molecule has 7 nitrogen and oxygen atoms in total. The van der Waals surface area contributed by atoms with Gasteiger partial charge in [-0.05, 0) is 42.2 Å². The molecule has 0 bridgehead atoms. The Kier molecular flexibility index (Phi) is 7.83. The highest BCUT2D eigenvalue weighted by Gasteiger charge is 2.54. The molecule has 1 aliphatic heterocycles. The van der Waals surface area contributed by atoms with Gasteiger partial charge in [0.15, 0.2) is 16.9 Å². The third kappa shape index (κ3) is 4.77. The van der Waals surface area contributed by atoms with Gasteiger partial charge in [0.2, 0.25) is 0 Å². The molecule has 2 N–H and O–H groups in total. The highest BCUT2D eigenvalue weighted by molar-refractivity contribution is 5.60. The molecule has 1 heterocycles. The number of rotatable bonds is 8. The van der Waals surface area contributed by atoms with Gasteiger partial charge < -0.3 is 15.2 Å². The van der Waals surface area contributed by atoms with Crippen molar-refractivity contribution in [2.24, 2.45) is 17.1 Å². The first-order valence-electron chi connectivity index (χ1n) is 12.6. The molecule has 0 saturated carbocycles. The van der Waals surface area contributed by atoms with Crippen LogP contribution in [0.4, 0.5) is 0 Å². The summed E-state index contributed by atoms with van der Waals surface area (Å²) in [7, 11) is 0. The van der Waals surface area contributed by atoms with Gasteiger partial charge in [0.05, 0.1) is 36.6 Å². The van der Waals surface area contributed by atoms with Crippen LogP contribution < -0.4 is 15.2 Å². The van der Waals surface area contributed by atoms with Gasteiger partial charge in [-0.1, -0.05) is 49.4 Å². The Balaban J connectivity index is 1.84. The number of hydrogen-bond donors (Lipinski definition) is 1. The van der Waals surface area contributed by atoms with Crippen LogP contribution in [0.2, 0.25) is 0 Å². The van der Waals surface area contributed by atoms with Gasteiger partial charge in [-0.3, -0.25) is 4.90 Å². The fourth-order valence-corrected chi connectivity index (χ4v) is 5.40. The summed E-state index contributed by atoms with van der Waals surface area (Å²) in [5, 5.41) is 30.8. The molecule has 0 amide bonds. The average Bonchev–Trinajstić information content (AvgIpc) is 2.93. The highest BCUT2D eigenvalue weighted by Crippen LogP contribution is 2.55. The number of nitriles is 3. The summed E-state index contributed by atoms with van der Waals surface area (Å²) in [5.74, 6) is 0.308. The zero-order valence-corrected chi connectivity index (χ0v) is 21.3. The maximum absolute atomic E-state index is 10.4. The Morgan fingerprint density at radius 2 is 1.78 bits per heavy atom. The lowest BCUT2D eigenvalue weighted by molar-refractivity contribution is 0.200. The molecule has 2 aromatic rings. The Hall–Kier alpha value is -4.25. The molecule has 7 heteroatoms. The summed E-state index contributed by atoms with van der Waals surface area (Å²) in [4.78, 5) is 2.27. The van der Waals surface area contributed by atoms with Crippen molar-refractivity contribution in [3.05, 3.63) is 82.6 Å². The number of fused-ring (bicyclic) bond motifs is 1. The van der Waals surface area contributed by atoms with E-state index in [1.54, 1.807) is 0 Å². The Morgan fingerprint density at radius 3 is 2.43 bits per heavy atom. The quantitative estimate of drug-likeness (QED) is 0.561. The van der Waals surface area contributed by atoms with Crippen molar-refractivity contribution in [1.29, 1.82) is 15.8 Å². The standard InChI is InChI=1S/C30H31N5O2/c1-3-14-37-26-11-10-22(15-27(26)36-4-2)28-25-18-35(17-21-8-6-5-7-9-21)13-12-23(25)24(16-31)29(34)30(28,19-32)20-33/h5-12,15,25,28H,3-4,13-14,17-18,34H2,1-2H3/t25-,28+/m1/s1. The minimum absolute atomic E-state index is 0.0216. The van der Waals surface area contributed by atoms with E-state index in [2.05, 4.69) is 35.2 Å². The van der Waals surface area contributed by atoms with Gasteiger partial charge in [0.1, 0.15) is 6.07 Å². The van der Waals surface area contributed by atoms with Crippen LogP contribution in [0.25, 0.3) is 0 Å². The predicted molar refractivity (Wildman–Crippen MR) is 140 cm³/mol. The van der Waals surface area contributed by atoms with E-state index in [4.69, 9.17) is 15.2 Å². The number of nitrogens with zero attached hydrogens (tertiary/aromatic N) is 4. The Bertz CT molecular complexity index is 1310. The van der Waals surface area contributed by atoms with E-state index in [1.165, 1.54) is 5.56 Å². The number of hydrogen-bond acceptors (Lipinski definition) is 7. The van der Waals surface area contributed by atoms with Crippen LogP contribution in [0.3, 0.4) is 0 Å². The lowest BCUT2D eigenvalue weighted by Crippen LogP contribution is -2.47.